The van der Waals surface area contributed by atoms with Crippen LogP contribution in [0.5, 0.6) is 5.75 Å². The molecule has 15 heavy (non-hydrogen) atoms. The molecule has 0 heterocycles. The maximum Gasteiger partial charge on any atom is 0.200 e. The lowest BCUT2D eigenvalue weighted by Crippen LogP contribution is -2.26. The lowest BCUT2D eigenvalue weighted by atomic mass is 9.97. The number of hydrogen-bond donors (Lipinski definition) is 1. The van der Waals surface area contributed by atoms with Crippen molar-refractivity contribution in [1.82, 2.24) is 0 Å². The number of halogens is 2. The summed E-state index contributed by atoms with van der Waals surface area (Å²) in [4.78, 5) is 4.69. The SMILES string of the molecule is COc1c(C(C)(C)ON)ccc(F)c1F. The summed E-state index contributed by atoms with van der Waals surface area (Å²) < 4.78 is 31.0. The van der Waals surface area contributed by atoms with E-state index in [-0.39, 0.29) is 5.75 Å². The molecule has 0 saturated carbocycles. The van der Waals surface area contributed by atoms with Crippen LogP contribution in [-0.4, -0.2) is 7.11 Å². The molecule has 0 fully saturated rings. The van der Waals surface area contributed by atoms with Crippen LogP contribution in [0.1, 0.15) is 19.4 Å². The zero-order valence-corrected chi connectivity index (χ0v) is 8.80. The van der Waals surface area contributed by atoms with Gasteiger partial charge in [0.1, 0.15) is 5.60 Å². The number of benzene rings is 1. The van der Waals surface area contributed by atoms with Crippen LogP contribution in [0.3, 0.4) is 0 Å². The van der Waals surface area contributed by atoms with Crippen LogP contribution >= 0.6 is 0 Å². The van der Waals surface area contributed by atoms with E-state index in [2.05, 4.69) is 0 Å². The van der Waals surface area contributed by atoms with Crippen molar-refractivity contribution in [2.24, 2.45) is 5.90 Å². The lowest BCUT2D eigenvalue weighted by molar-refractivity contribution is -0.0254. The van der Waals surface area contributed by atoms with Gasteiger partial charge in [-0.3, -0.25) is 4.84 Å². The smallest absolute Gasteiger partial charge is 0.200 e. The second-order valence-corrected chi connectivity index (χ2v) is 3.57. The van der Waals surface area contributed by atoms with Gasteiger partial charge in [0, 0.05) is 5.56 Å². The monoisotopic (exact) mass is 217 g/mol. The first kappa shape index (κ1) is 11.9. The van der Waals surface area contributed by atoms with Crippen LogP contribution in [0, 0.1) is 11.6 Å². The summed E-state index contributed by atoms with van der Waals surface area (Å²) >= 11 is 0. The standard InChI is InChI=1S/C10H13F2NO2/c1-10(2,15-13)6-4-5-7(11)8(12)9(6)14-3/h4-5H,13H2,1-3H3. The Bertz CT molecular complexity index is 367. The molecular weight excluding hydrogens is 204 g/mol. The molecule has 2 N–H and O–H groups in total. The highest BCUT2D eigenvalue weighted by Crippen LogP contribution is 2.34. The second kappa shape index (κ2) is 4.12. The predicted octanol–water partition coefficient (Wildman–Crippen LogP) is 2.10. The van der Waals surface area contributed by atoms with E-state index in [1.54, 1.807) is 13.8 Å². The average Bonchev–Trinajstić information content (AvgIpc) is 2.21. The number of rotatable bonds is 3. The van der Waals surface area contributed by atoms with Crippen LogP contribution in [0.25, 0.3) is 0 Å². The average molecular weight is 217 g/mol. The fourth-order valence-electron chi connectivity index (χ4n) is 1.27. The molecular formula is C10H13F2NO2. The molecule has 0 bridgehead atoms. The Morgan fingerprint density at radius 2 is 1.87 bits per heavy atom. The van der Waals surface area contributed by atoms with E-state index in [0.717, 1.165) is 6.07 Å². The molecule has 0 saturated heterocycles. The molecule has 3 nitrogen and oxygen atoms in total. The number of ether oxygens (including phenoxy) is 1. The third-order valence-electron chi connectivity index (χ3n) is 2.20. The van der Waals surface area contributed by atoms with Gasteiger partial charge in [0.15, 0.2) is 11.6 Å². The van der Waals surface area contributed by atoms with Gasteiger partial charge in [-0.2, -0.15) is 4.39 Å². The van der Waals surface area contributed by atoms with Gasteiger partial charge >= 0.3 is 0 Å². The first-order valence-electron chi connectivity index (χ1n) is 4.34. The summed E-state index contributed by atoms with van der Waals surface area (Å²) in [6.45, 7) is 3.25. The Balaban J connectivity index is 3.37. The van der Waals surface area contributed by atoms with Crippen molar-refractivity contribution in [3.05, 3.63) is 29.3 Å². The van der Waals surface area contributed by atoms with Crippen molar-refractivity contribution in [2.45, 2.75) is 19.4 Å². The molecule has 0 aliphatic carbocycles. The van der Waals surface area contributed by atoms with Gasteiger partial charge < -0.3 is 4.74 Å². The third-order valence-corrected chi connectivity index (χ3v) is 2.20. The minimum atomic E-state index is -1.04. The van der Waals surface area contributed by atoms with Crippen molar-refractivity contribution in [3.63, 3.8) is 0 Å². The van der Waals surface area contributed by atoms with Gasteiger partial charge in [0.2, 0.25) is 5.82 Å². The predicted molar refractivity (Wildman–Crippen MR) is 51.2 cm³/mol. The Hall–Kier alpha value is -1.20. The van der Waals surface area contributed by atoms with E-state index >= 15 is 0 Å². The van der Waals surface area contributed by atoms with Crippen LogP contribution in [0.2, 0.25) is 0 Å². The summed E-state index contributed by atoms with van der Waals surface area (Å²) in [5.74, 6) is 2.88. The van der Waals surface area contributed by atoms with Gasteiger partial charge in [-0.1, -0.05) is 0 Å². The van der Waals surface area contributed by atoms with Crippen molar-refractivity contribution in [1.29, 1.82) is 0 Å². The number of hydrogen-bond acceptors (Lipinski definition) is 3. The Kier molecular flexibility index (Phi) is 3.26. The third kappa shape index (κ3) is 2.08. The summed E-state index contributed by atoms with van der Waals surface area (Å²) in [7, 11) is 1.26. The van der Waals surface area contributed by atoms with Crippen molar-refractivity contribution in [2.75, 3.05) is 7.11 Å². The van der Waals surface area contributed by atoms with Crippen LogP contribution in [0.15, 0.2) is 12.1 Å². The van der Waals surface area contributed by atoms with E-state index in [4.69, 9.17) is 15.5 Å². The second-order valence-electron chi connectivity index (χ2n) is 3.57. The minimum absolute atomic E-state index is 0.189. The Labute approximate surface area is 86.7 Å². The van der Waals surface area contributed by atoms with Crippen LogP contribution < -0.4 is 10.6 Å². The van der Waals surface area contributed by atoms with Crippen molar-refractivity contribution in [3.8, 4) is 5.75 Å². The fourth-order valence-corrected chi connectivity index (χ4v) is 1.27. The quantitative estimate of drug-likeness (QED) is 0.788. The van der Waals surface area contributed by atoms with Gasteiger partial charge in [-0.05, 0) is 26.0 Å². The highest BCUT2D eigenvalue weighted by molar-refractivity contribution is 5.39. The van der Waals surface area contributed by atoms with E-state index < -0.39 is 17.2 Å². The highest BCUT2D eigenvalue weighted by atomic mass is 19.2. The highest BCUT2D eigenvalue weighted by Gasteiger charge is 2.28. The molecule has 0 atom stereocenters. The van der Waals surface area contributed by atoms with Crippen LogP contribution in [-0.2, 0) is 10.4 Å². The molecule has 0 unspecified atom stereocenters. The molecule has 0 aliphatic heterocycles. The van der Waals surface area contributed by atoms with Gasteiger partial charge in [0.05, 0.1) is 7.11 Å². The topological polar surface area (TPSA) is 44.5 Å². The summed E-state index contributed by atoms with van der Waals surface area (Å²) in [6, 6.07) is 2.39. The van der Waals surface area contributed by atoms with Gasteiger partial charge in [-0.15, -0.1) is 0 Å². The molecule has 0 aromatic heterocycles. The zero-order chi connectivity index (χ0) is 11.6. The fraction of sp³-hybridized carbons (Fsp3) is 0.400. The summed E-state index contributed by atoms with van der Waals surface area (Å²) in [5.41, 5.74) is -0.591. The van der Waals surface area contributed by atoms with Crippen molar-refractivity contribution < 1.29 is 18.4 Å². The lowest BCUT2D eigenvalue weighted by Gasteiger charge is -2.24. The minimum Gasteiger partial charge on any atom is -0.493 e. The maximum absolute atomic E-state index is 13.3. The largest absolute Gasteiger partial charge is 0.493 e. The van der Waals surface area contributed by atoms with E-state index in [9.17, 15) is 8.78 Å². The first-order chi connectivity index (χ1) is 6.94. The Morgan fingerprint density at radius 1 is 1.27 bits per heavy atom. The van der Waals surface area contributed by atoms with E-state index in [0.29, 0.717) is 5.56 Å². The molecule has 0 amide bonds. The number of nitrogens with two attached hydrogens (primary N) is 1. The van der Waals surface area contributed by atoms with Crippen LogP contribution in [0.4, 0.5) is 8.78 Å². The van der Waals surface area contributed by atoms with E-state index in [1.165, 1.54) is 13.2 Å². The molecule has 84 valence electrons. The Morgan fingerprint density at radius 3 is 2.33 bits per heavy atom. The van der Waals surface area contributed by atoms with Gasteiger partial charge in [-0.25, -0.2) is 10.3 Å². The number of methoxy groups -OCH3 is 1. The molecule has 1 rings (SSSR count). The van der Waals surface area contributed by atoms with E-state index in [1.807, 2.05) is 0 Å². The first-order valence-corrected chi connectivity index (χ1v) is 4.34. The molecule has 5 heteroatoms. The van der Waals surface area contributed by atoms with Gasteiger partial charge in [0.25, 0.3) is 0 Å². The van der Waals surface area contributed by atoms with Crippen molar-refractivity contribution >= 4 is 0 Å². The summed E-state index contributed by atoms with van der Waals surface area (Å²) in [5, 5.41) is 0. The maximum atomic E-state index is 13.3. The molecule has 1 aromatic rings. The molecule has 0 radical (unpaired) electrons. The normalized spacial score (nSPS) is 11.6. The molecule has 0 spiro atoms. The molecule has 0 aliphatic rings. The summed E-state index contributed by atoms with van der Waals surface area (Å²) in [6.07, 6.45) is 0. The molecule has 1 aromatic carbocycles. The zero-order valence-electron chi connectivity index (χ0n) is 8.80.